The van der Waals surface area contributed by atoms with Gasteiger partial charge in [-0.2, -0.15) is 0 Å². The van der Waals surface area contributed by atoms with Gasteiger partial charge in [-0.05, 0) is 48.0 Å². The van der Waals surface area contributed by atoms with Crippen molar-refractivity contribution in [3.8, 4) is 22.4 Å². The number of fused-ring (bicyclic) bond motifs is 2. The zero-order valence-corrected chi connectivity index (χ0v) is 18.7. The summed E-state index contributed by atoms with van der Waals surface area (Å²) in [5, 5.41) is 15.3. The molecule has 2 N–H and O–H groups in total. The lowest BCUT2D eigenvalue weighted by atomic mass is 10.0. The first-order valence-corrected chi connectivity index (χ1v) is 11.5. The Labute approximate surface area is 196 Å². The van der Waals surface area contributed by atoms with Gasteiger partial charge in [-0.15, -0.1) is 5.10 Å². The summed E-state index contributed by atoms with van der Waals surface area (Å²) in [6, 6.07) is 16.8. The van der Waals surface area contributed by atoms with Gasteiger partial charge >= 0.3 is 0 Å². The molecule has 1 aliphatic rings. The normalized spacial score (nSPS) is 14.9. The molecule has 5 aromatic rings. The first-order chi connectivity index (χ1) is 16.7. The standard InChI is InChI=1S/C26H25FN6O/c27-19-6-4-18(5-7-19)24-17-33-26(29-24)22(20-2-1-3-23-21(20)8-9-28-23)16-25(30-33)32-12-10-31(11-13-32)14-15-34/h1-9,16-17,28,34H,10-15H2. The molecular formula is C26H25FN6O. The van der Waals surface area contributed by atoms with E-state index < -0.39 is 0 Å². The summed E-state index contributed by atoms with van der Waals surface area (Å²) in [7, 11) is 0. The smallest absolute Gasteiger partial charge is 0.162 e. The Morgan fingerprint density at radius 1 is 0.971 bits per heavy atom. The highest BCUT2D eigenvalue weighted by Crippen LogP contribution is 2.34. The topological polar surface area (TPSA) is 72.7 Å². The number of hydrogen-bond donors (Lipinski definition) is 2. The maximum Gasteiger partial charge on any atom is 0.162 e. The largest absolute Gasteiger partial charge is 0.395 e. The SMILES string of the molecule is OCCN1CCN(c2cc(-c3cccc4[nH]ccc34)c3nc(-c4ccc(F)cc4)cn3n2)CC1. The molecule has 1 saturated heterocycles. The van der Waals surface area contributed by atoms with Gasteiger partial charge < -0.3 is 15.0 Å². The monoisotopic (exact) mass is 456 g/mol. The van der Waals surface area contributed by atoms with Crippen molar-refractivity contribution in [1.29, 1.82) is 0 Å². The summed E-state index contributed by atoms with van der Waals surface area (Å²) in [6.07, 6.45) is 3.86. The number of piperazine rings is 1. The molecule has 1 aliphatic heterocycles. The van der Waals surface area contributed by atoms with Crippen LogP contribution < -0.4 is 4.90 Å². The van der Waals surface area contributed by atoms with Crippen LogP contribution in [0.3, 0.4) is 0 Å². The highest BCUT2D eigenvalue weighted by molar-refractivity contribution is 5.99. The molecule has 0 amide bonds. The number of aliphatic hydroxyl groups is 1. The third kappa shape index (κ3) is 3.70. The van der Waals surface area contributed by atoms with Crippen LogP contribution in [0.4, 0.5) is 10.2 Å². The molecule has 0 saturated carbocycles. The molecule has 6 rings (SSSR count). The van der Waals surface area contributed by atoms with Crippen LogP contribution in [0.25, 0.3) is 38.9 Å². The number of aromatic nitrogens is 4. The molecule has 8 heteroatoms. The van der Waals surface area contributed by atoms with Crippen LogP contribution in [-0.2, 0) is 0 Å². The summed E-state index contributed by atoms with van der Waals surface area (Å²) < 4.78 is 15.3. The van der Waals surface area contributed by atoms with Crippen LogP contribution in [0, 0.1) is 5.82 Å². The minimum absolute atomic E-state index is 0.177. The molecule has 4 heterocycles. The van der Waals surface area contributed by atoms with Gasteiger partial charge in [-0.3, -0.25) is 4.90 Å². The minimum Gasteiger partial charge on any atom is -0.395 e. The number of benzene rings is 2. The van der Waals surface area contributed by atoms with Gasteiger partial charge in [0.2, 0.25) is 0 Å². The van der Waals surface area contributed by atoms with Crippen LogP contribution in [-0.4, -0.2) is 68.9 Å². The van der Waals surface area contributed by atoms with Gasteiger partial charge in [0.05, 0.1) is 18.5 Å². The lowest BCUT2D eigenvalue weighted by Gasteiger charge is -2.35. The predicted molar refractivity (Wildman–Crippen MR) is 131 cm³/mol. The Bertz CT molecular complexity index is 1450. The fourth-order valence-electron chi connectivity index (χ4n) is 4.74. The van der Waals surface area contributed by atoms with Gasteiger partial charge in [0.1, 0.15) is 11.6 Å². The van der Waals surface area contributed by atoms with Crippen molar-refractivity contribution in [3.63, 3.8) is 0 Å². The number of imidazole rings is 1. The summed E-state index contributed by atoms with van der Waals surface area (Å²) in [4.78, 5) is 12.8. The second kappa shape index (κ2) is 8.55. The molecule has 0 unspecified atom stereocenters. The number of anilines is 1. The van der Waals surface area contributed by atoms with E-state index in [0.717, 1.165) is 70.9 Å². The van der Waals surface area contributed by atoms with E-state index in [-0.39, 0.29) is 12.4 Å². The van der Waals surface area contributed by atoms with Gasteiger partial charge in [-0.25, -0.2) is 13.9 Å². The molecular weight excluding hydrogens is 431 g/mol. The molecule has 0 bridgehead atoms. The van der Waals surface area contributed by atoms with E-state index in [1.807, 2.05) is 23.0 Å². The van der Waals surface area contributed by atoms with E-state index in [2.05, 4.69) is 39.0 Å². The maximum atomic E-state index is 13.5. The Hall–Kier alpha value is -3.75. The van der Waals surface area contributed by atoms with Crippen molar-refractivity contribution in [2.45, 2.75) is 0 Å². The first kappa shape index (κ1) is 20.8. The minimum atomic E-state index is -0.270. The average molecular weight is 457 g/mol. The zero-order chi connectivity index (χ0) is 23.1. The van der Waals surface area contributed by atoms with Crippen LogP contribution in [0.2, 0.25) is 0 Å². The summed E-state index contributed by atoms with van der Waals surface area (Å²) >= 11 is 0. The highest BCUT2D eigenvalue weighted by atomic mass is 19.1. The highest BCUT2D eigenvalue weighted by Gasteiger charge is 2.21. The fraction of sp³-hybridized carbons (Fsp3) is 0.231. The third-order valence-electron chi connectivity index (χ3n) is 6.55. The van der Waals surface area contributed by atoms with Gasteiger partial charge in [0.15, 0.2) is 5.65 Å². The number of nitrogens with zero attached hydrogens (tertiary/aromatic N) is 5. The van der Waals surface area contributed by atoms with E-state index in [9.17, 15) is 9.50 Å². The van der Waals surface area contributed by atoms with Crippen LogP contribution in [0.5, 0.6) is 0 Å². The number of nitrogens with one attached hydrogen (secondary N) is 1. The van der Waals surface area contributed by atoms with Crippen molar-refractivity contribution in [2.24, 2.45) is 0 Å². The number of halogens is 1. The number of β-amino-alcohol motifs (C(OH)–C–C–N with tert-alkyl or cyclic N) is 1. The lowest BCUT2D eigenvalue weighted by Crippen LogP contribution is -2.47. The van der Waals surface area contributed by atoms with Crippen molar-refractivity contribution < 1.29 is 9.50 Å². The molecule has 3 aromatic heterocycles. The molecule has 2 aromatic carbocycles. The average Bonchev–Trinajstić information content (AvgIpc) is 3.52. The molecule has 1 fully saturated rings. The maximum absolute atomic E-state index is 13.5. The third-order valence-corrected chi connectivity index (χ3v) is 6.55. The summed E-state index contributed by atoms with van der Waals surface area (Å²) in [5.41, 5.74) is 5.51. The molecule has 172 valence electrons. The van der Waals surface area contributed by atoms with Gasteiger partial charge in [0.25, 0.3) is 0 Å². The molecule has 7 nitrogen and oxygen atoms in total. The number of aliphatic hydroxyl groups excluding tert-OH is 1. The van der Waals surface area contributed by atoms with Gasteiger partial charge in [0, 0.05) is 61.0 Å². The Balaban J connectivity index is 1.49. The van der Waals surface area contributed by atoms with Crippen molar-refractivity contribution in [3.05, 3.63) is 72.8 Å². The Morgan fingerprint density at radius 2 is 1.79 bits per heavy atom. The number of hydrogen-bond acceptors (Lipinski definition) is 5. The zero-order valence-electron chi connectivity index (χ0n) is 18.7. The second-order valence-electron chi connectivity index (χ2n) is 8.61. The quantitative estimate of drug-likeness (QED) is 0.421. The van der Waals surface area contributed by atoms with Crippen molar-refractivity contribution in [1.82, 2.24) is 24.5 Å². The molecule has 0 spiro atoms. The van der Waals surface area contributed by atoms with Crippen molar-refractivity contribution in [2.75, 3.05) is 44.2 Å². The van der Waals surface area contributed by atoms with E-state index in [4.69, 9.17) is 10.1 Å². The number of H-pyrrole nitrogens is 1. The number of aromatic amines is 1. The molecule has 0 atom stereocenters. The predicted octanol–water partition coefficient (Wildman–Crippen LogP) is 3.80. The Kier molecular flexibility index (Phi) is 5.24. The van der Waals surface area contributed by atoms with E-state index in [1.54, 1.807) is 12.1 Å². The first-order valence-electron chi connectivity index (χ1n) is 11.5. The Morgan fingerprint density at radius 3 is 2.59 bits per heavy atom. The number of rotatable bonds is 5. The van der Waals surface area contributed by atoms with E-state index in [0.29, 0.717) is 6.54 Å². The summed E-state index contributed by atoms with van der Waals surface area (Å²) in [5.74, 6) is 0.620. The van der Waals surface area contributed by atoms with Crippen LogP contribution >= 0.6 is 0 Å². The molecule has 0 radical (unpaired) electrons. The van der Waals surface area contributed by atoms with Gasteiger partial charge in [-0.1, -0.05) is 12.1 Å². The van der Waals surface area contributed by atoms with Crippen LogP contribution in [0.15, 0.2) is 67.0 Å². The fourth-order valence-corrected chi connectivity index (χ4v) is 4.74. The van der Waals surface area contributed by atoms with Crippen LogP contribution in [0.1, 0.15) is 0 Å². The van der Waals surface area contributed by atoms with Crippen molar-refractivity contribution >= 4 is 22.4 Å². The van der Waals surface area contributed by atoms with E-state index in [1.165, 1.54) is 12.1 Å². The molecule has 34 heavy (non-hydrogen) atoms. The molecule has 0 aliphatic carbocycles. The second-order valence-corrected chi connectivity index (χ2v) is 8.61. The lowest BCUT2D eigenvalue weighted by molar-refractivity contribution is 0.188. The summed E-state index contributed by atoms with van der Waals surface area (Å²) in [6.45, 7) is 4.32. The van der Waals surface area contributed by atoms with E-state index >= 15 is 0 Å².